The van der Waals surface area contributed by atoms with Gasteiger partial charge in [0.1, 0.15) is 5.75 Å². The van der Waals surface area contributed by atoms with Gasteiger partial charge in [-0.15, -0.1) is 0 Å². The van der Waals surface area contributed by atoms with Gasteiger partial charge >= 0.3 is 0 Å². The maximum atomic E-state index is 12.4. The lowest BCUT2D eigenvalue weighted by atomic mass is 9.99. The first-order valence-corrected chi connectivity index (χ1v) is 7.06. The number of nitrogens with zero attached hydrogens (tertiary/aromatic N) is 1. The third-order valence-corrected chi connectivity index (χ3v) is 3.57. The van der Waals surface area contributed by atoms with Crippen molar-refractivity contribution in [2.24, 2.45) is 5.92 Å². The van der Waals surface area contributed by atoms with E-state index in [0.29, 0.717) is 6.54 Å². The Morgan fingerprint density at radius 3 is 2.29 bits per heavy atom. The van der Waals surface area contributed by atoms with Crippen molar-refractivity contribution in [2.45, 2.75) is 6.92 Å². The van der Waals surface area contributed by atoms with E-state index in [1.807, 2.05) is 68.6 Å². The summed E-state index contributed by atoms with van der Waals surface area (Å²) in [6.07, 6.45) is 0. The Hall–Kier alpha value is -2.29. The number of carbonyl (C=O) groups excluding carboxylic acids is 1. The standard InChI is InChI=1S/C18H21NO2/c1-14(18(20)15-7-5-4-6-8-15)13-19(2)16-9-11-17(21-3)12-10-16/h4-12,14H,13H2,1-3H3. The van der Waals surface area contributed by atoms with Crippen LogP contribution in [0.3, 0.4) is 0 Å². The summed E-state index contributed by atoms with van der Waals surface area (Å²) in [7, 11) is 3.65. The summed E-state index contributed by atoms with van der Waals surface area (Å²) in [6.45, 7) is 2.65. The molecule has 2 aromatic carbocycles. The van der Waals surface area contributed by atoms with Crippen molar-refractivity contribution in [1.29, 1.82) is 0 Å². The number of hydrogen-bond donors (Lipinski definition) is 0. The molecule has 2 rings (SSSR count). The molecule has 110 valence electrons. The number of anilines is 1. The molecule has 0 aliphatic carbocycles. The quantitative estimate of drug-likeness (QED) is 0.758. The number of hydrogen-bond acceptors (Lipinski definition) is 3. The molecule has 0 N–H and O–H groups in total. The lowest BCUT2D eigenvalue weighted by Gasteiger charge is -2.23. The number of carbonyl (C=O) groups is 1. The highest BCUT2D eigenvalue weighted by atomic mass is 16.5. The highest BCUT2D eigenvalue weighted by molar-refractivity contribution is 5.97. The first kappa shape index (κ1) is 15.1. The van der Waals surface area contributed by atoms with Crippen molar-refractivity contribution in [3.63, 3.8) is 0 Å². The molecule has 3 nitrogen and oxygen atoms in total. The minimum absolute atomic E-state index is 0.0560. The number of methoxy groups -OCH3 is 1. The van der Waals surface area contributed by atoms with Crippen molar-refractivity contribution in [3.8, 4) is 5.75 Å². The first-order chi connectivity index (χ1) is 10.1. The van der Waals surface area contributed by atoms with E-state index in [1.54, 1.807) is 7.11 Å². The average molecular weight is 283 g/mol. The van der Waals surface area contributed by atoms with E-state index in [0.717, 1.165) is 17.0 Å². The summed E-state index contributed by atoms with van der Waals surface area (Å²) in [5.74, 6) is 0.955. The zero-order valence-corrected chi connectivity index (χ0v) is 12.7. The Morgan fingerprint density at radius 2 is 1.71 bits per heavy atom. The maximum Gasteiger partial charge on any atom is 0.167 e. The van der Waals surface area contributed by atoms with Crippen LogP contribution in [0.15, 0.2) is 54.6 Å². The topological polar surface area (TPSA) is 29.5 Å². The monoisotopic (exact) mass is 283 g/mol. The van der Waals surface area contributed by atoms with Crippen LogP contribution in [0.25, 0.3) is 0 Å². The van der Waals surface area contributed by atoms with E-state index in [4.69, 9.17) is 4.74 Å². The van der Waals surface area contributed by atoms with E-state index in [9.17, 15) is 4.79 Å². The molecule has 21 heavy (non-hydrogen) atoms. The van der Waals surface area contributed by atoms with Gasteiger partial charge < -0.3 is 9.64 Å². The number of rotatable bonds is 6. The highest BCUT2D eigenvalue weighted by Gasteiger charge is 2.17. The van der Waals surface area contributed by atoms with Gasteiger partial charge in [-0.05, 0) is 24.3 Å². The fourth-order valence-corrected chi connectivity index (χ4v) is 2.32. The van der Waals surface area contributed by atoms with Gasteiger partial charge in [-0.3, -0.25) is 4.79 Å². The molecule has 0 radical (unpaired) electrons. The van der Waals surface area contributed by atoms with E-state index >= 15 is 0 Å². The van der Waals surface area contributed by atoms with Crippen LogP contribution in [0.2, 0.25) is 0 Å². The van der Waals surface area contributed by atoms with Crippen molar-refractivity contribution in [2.75, 3.05) is 25.6 Å². The Bertz CT molecular complexity index is 578. The SMILES string of the molecule is COc1ccc(N(C)CC(C)C(=O)c2ccccc2)cc1. The maximum absolute atomic E-state index is 12.4. The Kier molecular flexibility index (Phi) is 4.99. The minimum Gasteiger partial charge on any atom is -0.497 e. The molecule has 0 fully saturated rings. The summed E-state index contributed by atoms with van der Waals surface area (Å²) < 4.78 is 5.15. The molecular formula is C18H21NO2. The zero-order valence-electron chi connectivity index (χ0n) is 12.7. The van der Waals surface area contributed by atoms with Crippen molar-refractivity contribution >= 4 is 11.5 Å². The van der Waals surface area contributed by atoms with Gasteiger partial charge in [-0.1, -0.05) is 37.3 Å². The van der Waals surface area contributed by atoms with Crippen LogP contribution in [-0.2, 0) is 0 Å². The van der Waals surface area contributed by atoms with Crippen LogP contribution in [0.1, 0.15) is 17.3 Å². The third kappa shape index (κ3) is 3.85. The van der Waals surface area contributed by atoms with Crippen molar-refractivity contribution in [3.05, 3.63) is 60.2 Å². The van der Waals surface area contributed by atoms with Crippen LogP contribution in [0, 0.1) is 5.92 Å². The molecule has 2 aromatic rings. The average Bonchev–Trinajstić information content (AvgIpc) is 2.55. The van der Waals surface area contributed by atoms with E-state index < -0.39 is 0 Å². The molecule has 0 saturated heterocycles. The van der Waals surface area contributed by atoms with E-state index in [2.05, 4.69) is 4.90 Å². The normalized spacial score (nSPS) is 11.8. The number of ketones is 1. The van der Waals surface area contributed by atoms with Gasteiger partial charge in [0.05, 0.1) is 7.11 Å². The molecule has 1 unspecified atom stereocenters. The molecule has 0 amide bonds. The first-order valence-electron chi connectivity index (χ1n) is 7.06. The summed E-state index contributed by atoms with van der Waals surface area (Å²) in [4.78, 5) is 14.5. The van der Waals surface area contributed by atoms with Crippen molar-refractivity contribution in [1.82, 2.24) is 0 Å². The lowest BCUT2D eigenvalue weighted by Crippen LogP contribution is -2.28. The van der Waals surface area contributed by atoms with Crippen LogP contribution in [0.5, 0.6) is 5.75 Å². The van der Waals surface area contributed by atoms with Gasteiger partial charge in [-0.25, -0.2) is 0 Å². The molecular weight excluding hydrogens is 262 g/mol. The second kappa shape index (κ2) is 6.93. The fourth-order valence-electron chi connectivity index (χ4n) is 2.32. The summed E-state index contributed by atoms with van der Waals surface area (Å²) in [6, 6.07) is 17.3. The smallest absolute Gasteiger partial charge is 0.167 e. The van der Waals surface area contributed by atoms with Gasteiger partial charge in [0, 0.05) is 30.8 Å². The van der Waals surface area contributed by atoms with E-state index in [-0.39, 0.29) is 11.7 Å². The molecule has 0 bridgehead atoms. The van der Waals surface area contributed by atoms with Crippen LogP contribution >= 0.6 is 0 Å². The van der Waals surface area contributed by atoms with Gasteiger partial charge in [-0.2, -0.15) is 0 Å². The Labute approximate surface area is 126 Å². The predicted octanol–water partition coefficient (Wildman–Crippen LogP) is 3.65. The minimum atomic E-state index is -0.0560. The summed E-state index contributed by atoms with van der Waals surface area (Å²) >= 11 is 0. The summed E-state index contributed by atoms with van der Waals surface area (Å²) in [5.41, 5.74) is 1.84. The van der Waals surface area contributed by atoms with Gasteiger partial charge in [0.2, 0.25) is 0 Å². The van der Waals surface area contributed by atoms with E-state index in [1.165, 1.54) is 0 Å². The van der Waals surface area contributed by atoms with Crippen LogP contribution in [0.4, 0.5) is 5.69 Å². The fraction of sp³-hybridized carbons (Fsp3) is 0.278. The van der Waals surface area contributed by atoms with Crippen LogP contribution in [-0.4, -0.2) is 26.5 Å². The second-order valence-electron chi connectivity index (χ2n) is 5.21. The Balaban J connectivity index is 2.01. The molecule has 0 aromatic heterocycles. The van der Waals surface area contributed by atoms with Crippen LogP contribution < -0.4 is 9.64 Å². The number of ether oxygens (including phenoxy) is 1. The Morgan fingerprint density at radius 1 is 1.10 bits per heavy atom. The second-order valence-corrected chi connectivity index (χ2v) is 5.21. The highest BCUT2D eigenvalue weighted by Crippen LogP contribution is 2.20. The largest absolute Gasteiger partial charge is 0.497 e. The molecule has 1 atom stereocenters. The predicted molar refractivity (Wildman–Crippen MR) is 86.2 cm³/mol. The third-order valence-electron chi connectivity index (χ3n) is 3.57. The zero-order chi connectivity index (χ0) is 15.2. The molecule has 0 heterocycles. The molecule has 0 aliphatic heterocycles. The van der Waals surface area contributed by atoms with Gasteiger partial charge in [0.25, 0.3) is 0 Å². The number of Topliss-reactive ketones (excluding diaryl/α,β-unsaturated/α-hetero) is 1. The van der Waals surface area contributed by atoms with Gasteiger partial charge in [0.15, 0.2) is 5.78 Å². The molecule has 0 aliphatic rings. The molecule has 0 spiro atoms. The van der Waals surface area contributed by atoms with Crippen molar-refractivity contribution < 1.29 is 9.53 Å². The molecule has 3 heteroatoms. The lowest BCUT2D eigenvalue weighted by molar-refractivity contribution is 0.0933. The molecule has 0 saturated carbocycles. The summed E-state index contributed by atoms with van der Waals surface area (Å²) in [5, 5.41) is 0. The number of benzene rings is 2.